The summed E-state index contributed by atoms with van der Waals surface area (Å²) in [5.74, 6) is 0.749. The zero-order valence-electron chi connectivity index (χ0n) is 15.3. The van der Waals surface area contributed by atoms with Crippen molar-refractivity contribution in [1.29, 1.82) is 0 Å². The molecule has 0 aromatic carbocycles. The molecule has 4 rings (SSSR count). The Kier molecular flexibility index (Phi) is 5.87. The number of carbonyl (C=O) groups is 1. The smallest absolute Gasteiger partial charge is 0.255 e. The highest BCUT2D eigenvalue weighted by molar-refractivity contribution is 6.32. The van der Waals surface area contributed by atoms with Gasteiger partial charge in [0, 0.05) is 50.8 Å². The standard InChI is InChI=1S/C19H21ClN4O4/c20-16-10-13(11-21-18(16)28-15-5-9-26-12-15)19(25)24-7-3-14(4-8-24)27-17-2-1-6-22-23-17/h1-2,6,10-11,14-15H,3-5,7-9,12H2. The first kappa shape index (κ1) is 18.9. The lowest BCUT2D eigenvalue weighted by molar-refractivity contribution is 0.0585. The lowest BCUT2D eigenvalue weighted by atomic mass is 10.1. The van der Waals surface area contributed by atoms with Crippen molar-refractivity contribution >= 4 is 17.5 Å². The van der Waals surface area contributed by atoms with E-state index in [2.05, 4.69) is 15.2 Å². The Hall–Kier alpha value is -2.45. The SMILES string of the molecule is O=C(c1cnc(OC2CCOC2)c(Cl)c1)N1CCC(Oc2cccnn2)CC1. The third-order valence-electron chi connectivity index (χ3n) is 4.79. The molecule has 0 aliphatic carbocycles. The van der Waals surface area contributed by atoms with E-state index in [0.717, 1.165) is 19.3 Å². The van der Waals surface area contributed by atoms with Crippen LogP contribution >= 0.6 is 11.6 Å². The van der Waals surface area contributed by atoms with Crippen LogP contribution in [0.1, 0.15) is 29.6 Å². The van der Waals surface area contributed by atoms with Crippen molar-refractivity contribution in [2.24, 2.45) is 0 Å². The van der Waals surface area contributed by atoms with E-state index >= 15 is 0 Å². The van der Waals surface area contributed by atoms with Crippen molar-refractivity contribution in [3.8, 4) is 11.8 Å². The molecule has 8 nitrogen and oxygen atoms in total. The van der Waals surface area contributed by atoms with Crippen molar-refractivity contribution in [2.75, 3.05) is 26.3 Å². The van der Waals surface area contributed by atoms with Crippen LogP contribution in [0.4, 0.5) is 0 Å². The summed E-state index contributed by atoms with van der Waals surface area (Å²) >= 11 is 6.27. The maximum absolute atomic E-state index is 12.8. The Morgan fingerprint density at radius 3 is 2.75 bits per heavy atom. The first-order valence-corrected chi connectivity index (χ1v) is 9.70. The van der Waals surface area contributed by atoms with Crippen LogP contribution in [0.2, 0.25) is 5.02 Å². The Bertz CT molecular complexity index is 809. The fourth-order valence-corrected chi connectivity index (χ4v) is 3.48. The van der Waals surface area contributed by atoms with E-state index in [-0.39, 0.29) is 18.1 Å². The molecule has 0 bridgehead atoms. The van der Waals surface area contributed by atoms with E-state index in [4.69, 9.17) is 25.8 Å². The minimum absolute atomic E-state index is 0.0202. The summed E-state index contributed by atoms with van der Waals surface area (Å²) in [6.07, 6.45) is 5.36. The maximum Gasteiger partial charge on any atom is 0.255 e. The minimum Gasteiger partial charge on any atom is -0.473 e. The first-order valence-electron chi connectivity index (χ1n) is 9.32. The van der Waals surface area contributed by atoms with Crippen LogP contribution < -0.4 is 9.47 Å². The Morgan fingerprint density at radius 2 is 2.07 bits per heavy atom. The van der Waals surface area contributed by atoms with Crippen molar-refractivity contribution in [3.63, 3.8) is 0 Å². The predicted octanol–water partition coefficient (Wildman–Crippen LogP) is 2.38. The fraction of sp³-hybridized carbons (Fsp3) is 0.474. The largest absolute Gasteiger partial charge is 0.473 e. The number of likely N-dealkylation sites (tertiary alicyclic amines) is 1. The third kappa shape index (κ3) is 4.51. The summed E-state index contributed by atoms with van der Waals surface area (Å²) in [5, 5.41) is 8.07. The molecule has 2 aliphatic heterocycles. The number of nitrogens with zero attached hydrogens (tertiary/aromatic N) is 4. The second-order valence-corrected chi connectivity index (χ2v) is 7.19. The van der Waals surface area contributed by atoms with Crippen LogP contribution in [0.15, 0.2) is 30.6 Å². The molecule has 2 aromatic rings. The molecule has 0 saturated carbocycles. The number of pyridine rings is 1. The normalized spacial score (nSPS) is 20.2. The van der Waals surface area contributed by atoms with E-state index in [1.54, 1.807) is 29.3 Å². The van der Waals surface area contributed by atoms with Gasteiger partial charge in [0.15, 0.2) is 0 Å². The molecular formula is C19H21ClN4O4. The van der Waals surface area contributed by atoms with Gasteiger partial charge in [0.1, 0.15) is 17.2 Å². The molecule has 2 fully saturated rings. The van der Waals surface area contributed by atoms with Gasteiger partial charge < -0.3 is 19.1 Å². The summed E-state index contributed by atoms with van der Waals surface area (Å²) in [7, 11) is 0. The average molecular weight is 405 g/mol. The molecule has 28 heavy (non-hydrogen) atoms. The Morgan fingerprint density at radius 1 is 1.21 bits per heavy atom. The van der Waals surface area contributed by atoms with Crippen molar-refractivity contribution < 1.29 is 19.0 Å². The van der Waals surface area contributed by atoms with Crippen LogP contribution in [0.3, 0.4) is 0 Å². The van der Waals surface area contributed by atoms with Gasteiger partial charge in [-0.1, -0.05) is 11.6 Å². The zero-order valence-corrected chi connectivity index (χ0v) is 16.0. The van der Waals surface area contributed by atoms with Gasteiger partial charge in [-0.15, -0.1) is 5.10 Å². The van der Waals surface area contributed by atoms with Crippen LogP contribution in [0, 0.1) is 0 Å². The second kappa shape index (κ2) is 8.70. The predicted molar refractivity (Wildman–Crippen MR) is 101 cm³/mol. The van der Waals surface area contributed by atoms with Crippen LogP contribution in [0.5, 0.6) is 11.8 Å². The van der Waals surface area contributed by atoms with E-state index in [9.17, 15) is 4.79 Å². The van der Waals surface area contributed by atoms with Crippen LogP contribution in [-0.2, 0) is 4.74 Å². The van der Waals surface area contributed by atoms with E-state index < -0.39 is 0 Å². The molecular weight excluding hydrogens is 384 g/mol. The molecule has 148 valence electrons. The zero-order chi connectivity index (χ0) is 19.3. The lowest BCUT2D eigenvalue weighted by Crippen LogP contribution is -2.41. The summed E-state index contributed by atoms with van der Waals surface area (Å²) in [6.45, 7) is 2.40. The van der Waals surface area contributed by atoms with E-state index in [1.807, 2.05) is 0 Å². The highest BCUT2D eigenvalue weighted by atomic mass is 35.5. The van der Waals surface area contributed by atoms with Gasteiger partial charge in [0.05, 0.1) is 18.8 Å². The summed E-state index contributed by atoms with van der Waals surface area (Å²) < 4.78 is 16.8. The maximum atomic E-state index is 12.8. The molecule has 4 heterocycles. The van der Waals surface area contributed by atoms with Gasteiger partial charge in [-0.05, 0) is 12.1 Å². The second-order valence-electron chi connectivity index (χ2n) is 6.79. The monoisotopic (exact) mass is 404 g/mol. The van der Waals surface area contributed by atoms with Crippen LogP contribution in [-0.4, -0.2) is 64.5 Å². The van der Waals surface area contributed by atoms with Crippen LogP contribution in [0.25, 0.3) is 0 Å². The number of ether oxygens (including phenoxy) is 3. The molecule has 0 spiro atoms. The van der Waals surface area contributed by atoms with Gasteiger partial charge >= 0.3 is 0 Å². The summed E-state index contributed by atoms with van der Waals surface area (Å²) in [6, 6.07) is 5.18. The number of hydrogen-bond acceptors (Lipinski definition) is 7. The minimum atomic E-state index is -0.0943. The molecule has 0 N–H and O–H groups in total. The quantitative estimate of drug-likeness (QED) is 0.756. The van der Waals surface area contributed by atoms with Gasteiger partial charge in [0.2, 0.25) is 11.8 Å². The van der Waals surface area contributed by atoms with Gasteiger partial charge in [-0.3, -0.25) is 4.79 Å². The molecule has 2 aromatic heterocycles. The van der Waals surface area contributed by atoms with E-state index in [1.165, 1.54) is 6.20 Å². The average Bonchev–Trinajstić information content (AvgIpc) is 3.23. The molecule has 1 unspecified atom stereocenters. The van der Waals surface area contributed by atoms with Gasteiger partial charge in [0.25, 0.3) is 5.91 Å². The Balaban J connectivity index is 1.32. The number of rotatable bonds is 5. The summed E-state index contributed by atoms with van der Waals surface area (Å²) in [5.41, 5.74) is 0.452. The summed E-state index contributed by atoms with van der Waals surface area (Å²) in [4.78, 5) is 18.8. The molecule has 1 amide bonds. The number of carbonyl (C=O) groups excluding carboxylic acids is 1. The molecule has 0 radical (unpaired) electrons. The van der Waals surface area contributed by atoms with Gasteiger partial charge in [-0.25, -0.2) is 4.98 Å². The van der Waals surface area contributed by atoms with E-state index in [0.29, 0.717) is 48.6 Å². The number of amides is 1. The molecule has 2 aliphatic rings. The third-order valence-corrected chi connectivity index (χ3v) is 5.06. The van der Waals surface area contributed by atoms with Crippen molar-refractivity contribution in [3.05, 3.63) is 41.2 Å². The number of hydrogen-bond donors (Lipinski definition) is 0. The molecule has 1 atom stereocenters. The molecule has 2 saturated heterocycles. The first-order chi connectivity index (χ1) is 13.7. The lowest BCUT2D eigenvalue weighted by Gasteiger charge is -2.31. The van der Waals surface area contributed by atoms with Gasteiger partial charge in [-0.2, -0.15) is 5.10 Å². The topological polar surface area (TPSA) is 86.7 Å². The number of halogens is 1. The van der Waals surface area contributed by atoms with Crippen molar-refractivity contribution in [1.82, 2.24) is 20.1 Å². The molecule has 9 heteroatoms. The number of aromatic nitrogens is 3. The Labute approximate surface area is 167 Å². The highest BCUT2D eigenvalue weighted by Gasteiger charge is 2.26. The van der Waals surface area contributed by atoms with Crippen molar-refractivity contribution in [2.45, 2.75) is 31.5 Å². The number of piperidine rings is 1. The fourth-order valence-electron chi connectivity index (χ4n) is 3.27. The highest BCUT2D eigenvalue weighted by Crippen LogP contribution is 2.26.